The van der Waals surface area contributed by atoms with Gasteiger partial charge in [-0.25, -0.2) is 9.97 Å². The van der Waals surface area contributed by atoms with Crippen LogP contribution in [0.2, 0.25) is 0 Å². The minimum atomic E-state index is -0.438. The lowest BCUT2D eigenvalue weighted by molar-refractivity contribution is -0.121. The Labute approximate surface area is 94.9 Å². The lowest BCUT2D eigenvalue weighted by Crippen LogP contribution is -2.24. The van der Waals surface area contributed by atoms with Crippen molar-refractivity contribution in [2.75, 3.05) is 0 Å². The lowest BCUT2D eigenvalue weighted by Gasteiger charge is -2.06. The minimum absolute atomic E-state index is 0.0721. The van der Waals surface area contributed by atoms with Gasteiger partial charge < -0.3 is 10.4 Å². The van der Waals surface area contributed by atoms with Gasteiger partial charge in [0.05, 0.1) is 18.3 Å². The Morgan fingerprint density at radius 1 is 1.62 bits per heavy atom. The summed E-state index contributed by atoms with van der Waals surface area (Å²) in [4.78, 5) is 19.5. The Morgan fingerprint density at radius 2 is 2.38 bits per heavy atom. The second-order valence-electron chi connectivity index (χ2n) is 3.76. The zero-order valence-electron chi connectivity index (χ0n) is 9.60. The molecule has 2 N–H and O–H groups in total. The Bertz CT molecular complexity index is 353. The van der Waals surface area contributed by atoms with Gasteiger partial charge in [-0.05, 0) is 26.3 Å². The maximum atomic E-state index is 11.3. The van der Waals surface area contributed by atoms with Gasteiger partial charge in [0.1, 0.15) is 5.82 Å². The maximum absolute atomic E-state index is 11.3. The highest BCUT2D eigenvalue weighted by Gasteiger charge is 2.04. The molecule has 1 rings (SSSR count). The van der Waals surface area contributed by atoms with E-state index < -0.39 is 6.10 Å². The van der Waals surface area contributed by atoms with E-state index in [1.165, 1.54) is 0 Å². The molecule has 1 amide bonds. The van der Waals surface area contributed by atoms with Crippen LogP contribution in [0.1, 0.15) is 31.3 Å². The number of aliphatic hydroxyl groups is 1. The molecule has 0 aliphatic heterocycles. The van der Waals surface area contributed by atoms with Gasteiger partial charge in [0.15, 0.2) is 0 Å². The smallest absolute Gasteiger partial charge is 0.220 e. The number of aliphatic hydroxyl groups excluding tert-OH is 1. The van der Waals surface area contributed by atoms with Crippen molar-refractivity contribution in [1.29, 1.82) is 0 Å². The van der Waals surface area contributed by atoms with Crippen molar-refractivity contribution in [2.45, 2.75) is 39.3 Å². The van der Waals surface area contributed by atoms with Crippen molar-refractivity contribution >= 4 is 5.91 Å². The monoisotopic (exact) mass is 223 g/mol. The van der Waals surface area contributed by atoms with E-state index in [-0.39, 0.29) is 5.91 Å². The average molecular weight is 223 g/mol. The molecule has 1 aromatic heterocycles. The summed E-state index contributed by atoms with van der Waals surface area (Å²) in [5.41, 5.74) is 0.790. The number of hydrogen-bond acceptors (Lipinski definition) is 4. The molecule has 5 nitrogen and oxygen atoms in total. The third-order valence-electron chi connectivity index (χ3n) is 2.09. The van der Waals surface area contributed by atoms with E-state index >= 15 is 0 Å². The van der Waals surface area contributed by atoms with Crippen molar-refractivity contribution in [3.8, 4) is 0 Å². The second kappa shape index (κ2) is 6.17. The summed E-state index contributed by atoms with van der Waals surface area (Å²) in [7, 11) is 0. The van der Waals surface area contributed by atoms with Crippen molar-refractivity contribution in [1.82, 2.24) is 15.3 Å². The Hall–Kier alpha value is -1.49. The lowest BCUT2D eigenvalue weighted by atomic mass is 10.2. The first-order valence-corrected chi connectivity index (χ1v) is 5.31. The van der Waals surface area contributed by atoms with Gasteiger partial charge in [0.2, 0.25) is 5.91 Å². The Balaban J connectivity index is 2.31. The standard InChI is InChI=1S/C11H17N3O2/c1-8(15)3-4-11(16)13-7-10-5-6-12-9(2)14-10/h5-6,8,15H,3-4,7H2,1-2H3,(H,13,16). The fourth-order valence-electron chi connectivity index (χ4n) is 1.22. The van der Waals surface area contributed by atoms with Crippen LogP contribution in [0.25, 0.3) is 0 Å². The fourth-order valence-corrected chi connectivity index (χ4v) is 1.22. The quantitative estimate of drug-likeness (QED) is 0.765. The summed E-state index contributed by atoms with van der Waals surface area (Å²) < 4.78 is 0. The van der Waals surface area contributed by atoms with Crippen molar-refractivity contribution in [3.63, 3.8) is 0 Å². The van der Waals surface area contributed by atoms with Crippen LogP contribution in [0, 0.1) is 6.92 Å². The Kier molecular flexibility index (Phi) is 4.85. The molecule has 1 atom stereocenters. The maximum Gasteiger partial charge on any atom is 0.220 e. The Morgan fingerprint density at radius 3 is 3.00 bits per heavy atom. The normalized spacial score (nSPS) is 12.2. The fraction of sp³-hybridized carbons (Fsp3) is 0.545. The molecule has 1 heterocycles. The van der Waals surface area contributed by atoms with E-state index in [1.807, 2.05) is 0 Å². The first-order chi connectivity index (χ1) is 7.58. The number of amides is 1. The third kappa shape index (κ3) is 4.84. The molecule has 0 saturated heterocycles. The molecule has 88 valence electrons. The van der Waals surface area contributed by atoms with Crippen molar-refractivity contribution in [2.24, 2.45) is 0 Å². The molecule has 5 heteroatoms. The van der Waals surface area contributed by atoms with Gasteiger partial charge in [0.25, 0.3) is 0 Å². The van der Waals surface area contributed by atoms with Gasteiger partial charge in [-0.1, -0.05) is 0 Å². The SMILES string of the molecule is Cc1nccc(CNC(=O)CCC(C)O)n1. The molecule has 0 bridgehead atoms. The predicted molar refractivity (Wildman–Crippen MR) is 59.5 cm³/mol. The molecular weight excluding hydrogens is 206 g/mol. The molecule has 0 spiro atoms. The highest BCUT2D eigenvalue weighted by Crippen LogP contribution is 1.97. The van der Waals surface area contributed by atoms with Gasteiger partial charge >= 0.3 is 0 Å². The van der Waals surface area contributed by atoms with Crippen LogP contribution in [0.15, 0.2) is 12.3 Å². The number of aryl methyl sites for hydroxylation is 1. The van der Waals surface area contributed by atoms with E-state index in [4.69, 9.17) is 5.11 Å². The van der Waals surface area contributed by atoms with E-state index in [0.717, 1.165) is 5.69 Å². The first-order valence-electron chi connectivity index (χ1n) is 5.31. The van der Waals surface area contributed by atoms with Gasteiger partial charge in [0, 0.05) is 12.6 Å². The highest BCUT2D eigenvalue weighted by molar-refractivity contribution is 5.75. The van der Waals surface area contributed by atoms with Crippen LogP contribution in [0.5, 0.6) is 0 Å². The van der Waals surface area contributed by atoms with E-state index in [1.54, 1.807) is 26.1 Å². The van der Waals surface area contributed by atoms with E-state index in [2.05, 4.69) is 15.3 Å². The molecule has 0 saturated carbocycles. The number of rotatable bonds is 5. The van der Waals surface area contributed by atoms with Crippen LogP contribution < -0.4 is 5.32 Å². The first kappa shape index (κ1) is 12.6. The zero-order chi connectivity index (χ0) is 12.0. The third-order valence-corrected chi connectivity index (χ3v) is 2.09. The van der Waals surface area contributed by atoms with Gasteiger partial charge in [-0.15, -0.1) is 0 Å². The molecule has 0 fully saturated rings. The largest absolute Gasteiger partial charge is 0.393 e. The van der Waals surface area contributed by atoms with Crippen molar-refractivity contribution < 1.29 is 9.90 Å². The number of hydrogen-bond donors (Lipinski definition) is 2. The summed E-state index contributed by atoms with van der Waals surface area (Å²) in [6.07, 6.45) is 2.04. The topological polar surface area (TPSA) is 75.1 Å². The van der Waals surface area contributed by atoms with Gasteiger partial charge in [-0.3, -0.25) is 4.79 Å². The summed E-state index contributed by atoms with van der Waals surface area (Å²) in [5, 5.41) is 11.8. The minimum Gasteiger partial charge on any atom is -0.393 e. The summed E-state index contributed by atoms with van der Waals surface area (Å²) in [6.45, 7) is 3.88. The molecule has 16 heavy (non-hydrogen) atoms. The number of nitrogens with zero attached hydrogens (tertiary/aromatic N) is 2. The van der Waals surface area contributed by atoms with Crippen LogP contribution in [0.4, 0.5) is 0 Å². The highest BCUT2D eigenvalue weighted by atomic mass is 16.3. The summed E-state index contributed by atoms with van der Waals surface area (Å²) >= 11 is 0. The number of carbonyl (C=O) groups is 1. The van der Waals surface area contributed by atoms with E-state index in [0.29, 0.717) is 25.2 Å². The van der Waals surface area contributed by atoms with Crippen molar-refractivity contribution in [3.05, 3.63) is 23.8 Å². The molecule has 0 radical (unpaired) electrons. The summed E-state index contributed by atoms with van der Waals surface area (Å²) in [5.74, 6) is 0.618. The van der Waals surface area contributed by atoms with Crippen LogP contribution in [-0.2, 0) is 11.3 Å². The van der Waals surface area contributed by atoms with Gasteiger partial charge in [-0.2, -0.15) is 0 Å². The molecule has 0 aromatic carbocycles. The average Bonchev–Trinajstić information content (AvgIpc) is 2.23. The van der Waals surface area contributed by atoms with Crippen LogP contribution in [-0.4, -0.2) is 27.1 Å². The molecule has 0 aliphatic rings. The molecule has 0 aliphatic carbocycles. The zero-order valence-corrected chi connectivity index (χ0v) is 9.60. The van der Waals surface area contributed by atoms with Crippen LogP contribution in [0.3, 0.4) is 0 Å². The molecule has 1 unspecified atom stereocenters. The molecule has 1 aromatic rings. The van der Waals surface area contributed by atoms with E-state index in [9.17, 15) is 4.79 Å². The number of aromatic nitrogens is 2. The molecular formula is C11H17N3O2. The second-order valence-corrected chi connectivity index (χ2v) is 3.76. The summed E-state index contributed by atoms with van der Waals surface area (Å²) in [6, 6.07) is 1.77. The van der Waals surface area contributed by atoms with Crippen LogP contribution >= 0.6 is 0 Å². The number of nitrogens with one attached hydrogen (secondary N) is 1. The predicted octanol–water partition coefficient (Wildman–Crippen LogP) is 0.562. The number of carbonyl (C=O) groups excluding carboxylic acids is 1.